The van der Waals surface area contributed by atoms with Gasteiger partial charge < -0.3 is 9.13 Å². The topological polar surface area (TPSA) is 9.86 Å². The van der Waals surface area contributed by atoms with Crippen molar-refractivity contribution in [1.29, 1.82) is 0 Å². The molecule has 11 rings (SSSR count). The van der Waals surface area contributed by atoms with Gasteiger partial charge in [0.2, 0.25) is 0 Å². The Kier molecular flexibility index (Phi) is 6.33. The smallest absolute Gasteiger partial charge is 0.0641 e. The van der Waals surface area contributed by atoms with Gasteiger partial charge in [-0.1, -0.05) is 153 Å². The molecule has 0 amide bonds. The Labute approximate surface area is 308 Å². The molecule has 2 heteroatoms. The molecule has 0 saturated carbocycles. The Hall–Kier alpha value is -6.64. The number of benzene rings is 8. The lowest BCUT2D eigenvalue weighted by Gasteiger charge is -2.21. The monoisotopic (exact) mass is 676 g/mol. The molecule has 0 bridgehead atoms. The molecule has 0 radical (unpaired) electrons. The van der Waals surface area contributed by atoms with E-state index >= 15 is 0 Å². The molecule has 8 aromatic carbocycles. The zero-order chi connectivity index (χ0) is 35.3. The highest BCUT2D eigenvalue weighted by molar-refractivity contribution is 6.26. The van der Waals surface area contributed by atoms with Crippen LogP contribution < -0.4 is 0 Å². The molecule has 0 saturated heterocycles. The summed E-state index contributed by atoms with van der Waals surface area (Å²) in [4.78, 5) is 0. The predicted molar refractivity (Wildman–Crippen MR) is 224 cm³/mol. The van der Waals surface area contributed by atoms with Crippen molar-refractivity contribution in [2.75, 3.05) is 0 Å². The summed E-state index contributed by atoms with van der Waals surface area (Å²) in [6.45, 7) is 4.72. The fraction of sp³-hybridized carbons (Fsp3) is 0.0588. The molecular formula is C51H36N2. The van der Waals surface area contributed by atoms with Gasteiger partial charge in [-0.15, -0.1) is 0 Å². The SMILES string of the molecule is CC1(C)c2ccccc2-c2c(-n3c4ccccc4c4c3ccc3c5ccccc5n(-c5cccc(-c6cccc(-c7ccccc7)c6)c5)c34)cccc21. The van der Waals surface area contributed by atoms with Crippen molar-refractivity contribution >= 4 is 43.6 Å². The molecule has 2 nitrogen and oxygen atoms in total. The van der Waals surface area contributed by atoms with E-state index in [0.29, 0.717) is 0 Å². The number of nitrogens with zero attached hydrogens (tertiary/aromatic N) is 2. The standard InChI is InChI=1S/C51H36N2/c1-51(2)42-24-9-6-22-40(42)48-43(51)25-14-28-46(48)53-45-27-11-8-23-41(45)49-47(53)30-29-39-38-21-7-10-26-44(38)52(50(39)49)37-20-13-19-36(32-37)35-18-12-17-34(31-35)33-15-4-3-5-16-33/h3-32H,1-2H3. The lowest BCUT2D eigenvalue weighted by atomic mass is 9.82. The molecule has 0 atom stereocenters. The number of fused-ring (bicyclic) bond motifs is 10. The molecule has 2 heterocycles. The second kappa shape index (κ2) is 11.2. The van der Waals surface area contributed by atoms with Crippen LogP contribution in [0.1, 0.15) is 25.0 Å². The van der Waals surface area contributed by atoms with Crippen LogP contribution in [0, 0.1) is 0 Å². The van der Waals surface area contributed by atoms with Crippen LogP contribution in [0.15, 0.2) is 182 Å². The van der Waals surface area contributed by atoms with Gasteiger partial charge in [0.1, 0.15) is 0 Å². The number of rotatable bonds is 4. The first-order valence-corrected chi connectivity index (χ1v) is 18.5. The Morgan fingerprint density at radius 2 is 1.00 bits per heavy atom. The fourth-order valence-electron chi connectivity index (χ4n) is 9.29. The van der Waals surface area contributed by atoms with Gasteiger partial charge in [0.25, 0.3) is 0 Å². The summed E-state index contributed by atoms with van der Waals surface area (Å²) in [7, 11) is 0. The first kappa shape index (κ1) is 30.0. The van der Waals surface area contributed by atoms with Crippen molar-refractivity contribution in [3.05, 3.63) is 193 Å². The van der Waals surface area contributed by atoms with Crippen LogP contribution in [-0.4, -0.2) is 9.13 Å². The maximum absolute atomic E-state index is 2.52. The van der Waals surface area contributed by atoms with Gasteiger partial charge in [0.15, 0.2) is 0 Å². The molecule has 2 aromatic heterocycles. The van der Waals surface area contributed by atoms with E-state index in [2.05, 4.69) is 205 Å². The molecule has 1 aliphatic rings. The Morgan fingerprint density at radius 1 is 0.396 bits per heavy atom. The number of hydrogen-bond donors (Lipinski definition) is 0. The molecule has 0 fully saturated rings. The van der Waals surface area contributed by atoms with Crippen LogP contribution in [0.3, 0.4) is 0 Å². The minimum Gasteiger partial charge on any atom is -0.309 e. The maximum Gasteiger partial charge on any atom is 0.0641 e. The minimum atomic E-state index is -0.0774. The Morgan fingerprint density at radius 3 is 1.83 bits per heavy atom. The molecule has 0 aliphatic heterocycles. The van der Waals surface area contributed by atoms with E-state index in [1.165, 1.54) is 93.8 Å². The zero-order valence-electron chi connectivity index (χ0n) is 29.7. The summed E-state index contributed by atoms with van der Waals surface area (Å²) in [5, 5.41) is 5.05. The summed E-state index contributed by atoms with van der Waals surface area (Å²) < 4.78 is 5.02. The van der Waals surface area contributed by atoms with Crippen molar-refractivity contribution in [3.8, 4) is 44.8 Å². The zero-order valence-corrected chi connectivity index (χ0v) is 29.7. The van der Waals surface area contributed by atoms with Gasteiger partial charge >= 0.3 is 0 Å². The molecule has 0 spiro atoms. The third-order valence-electron chi connectivity index (χ3n) is 11.7. The van der Waals surface area contributed by atoms with Gasteiger partial charge in [0, 0.05) is 38.2 Å². The summed E-state index contributed by atoms with van der Waals surface area (Å²) in [6.07, 6.45) is 0. The first-order valence-electron chi connectivity index (χ1n) is 18.5. The van der Waals surface area contributed by atoms with Gasteiger partial charge in [-0.05, 0) is 81.4 Å². The van der Waals surface area contributed by atoms with E-state index in [9.17, 15) is 0 Å². The van der Waals surface area contributed by atoms with Crippen molar-refractivity contribution in [3.63, 3.8) is 0 Å². The van der Waals surface area contributed by atoms with Crippen LogP contribution in [0.4, 0.5) is 0 Å². The summed E-state index contributed by atoms with van der Waals surface area (Å²) >= 11 is 0. The molecule has 10 aromatic rings. The van der Waals surface area contributed by atoms with E-state index in [1.807, 2.05) is 0 Å². The van der Waals surface area contributed by atoms with Crippen molar-refractivity contribution < 1.29 is 0 Å². The van der Waals surface area contributed by atoms with E-state index in [1.54, 1.807) is 0 Å². The van der Waals surface area contributed by atoms with Crippen LogP contribution >= 0.6 is 0 Å². The maximum atomic E-state index is 2.52. The second-order valence-electron chi connectivity index (χ2n) is 14.9. The summed E-state index contributed by atoms with van der Waals surface area (Å²) in [5.74, 6) is 0. The Balaban J connectivity index is 1.20. The fourth-order valence-corrected chi connectivity index (χ4v) is 9.29. The first-order chi connectivity index (χ1) is 26.1. The van der Waals surface area contributed by atoms with Gasteiger partial charge in [0.05, 0.1) is 27.8 Å². The van der Waals surface area contributed by atoms with Crippen molar-refractivity contribution in [1.82, 2.24) is 9.13 Å². The van der Waals surface area contributed by atoms with Crippen LogP contribution in [0.25, 0.3) is 88.4 Å². The Bertz CT molecular complexity index is 3080. The highest BCUT2D eigenvalue weighted by atomic mass is 15.0. The number of aromatic nitrogens is 2. The van der Waals surface area contributed by atoms with Crippen LogP contribution in [-0.2, 0) is 5.41 Å². The van der Waals surface area contributed by atoms with E-state index < -0.39 is 0 Å². The number of para-hydroxylation sites is 2. The number of hydrogen-bond acceptors (Lipinski definition) is 0. The predicted octanol–water partition coefficient (Wildman–Crippen LogP) is 13.5. The molecule has 0 N–H and O–H groups in total. The van der Waals surface area contributed by atoms with Crippen molar-refractivity contribution in [2.24, 2.45) is 0 Å². The lowest BCUT2D eigenvalue weighted by Crippen LogP contribution is -2.14. The molecule has 0 unspecified atom stereocenters. The molecule has 1 aliphatic carbocycles. The third-order valence-corrected chi connectivity index (χ3v) is 11.7. The summed E-state index contributed by atoms with van der Waals surface area (Å²) in [6, 6.07) is 67.0. The highest BCUT2D eigenvalue weighted by Gasteiger charge is 2.37. The molecule has 250 valence electrons. The van der Waals surface area contributed by atoms with Gasteiger partial charge in [-0.25, -0.2) is 0 Å². The highest BCUT2D eigenvalue weighted by Crippen LogP contribution is 2.52. The third kappa shape index (κ3) is 4.27. The lowest BCUT2D eigenvalue weighted by molar-refractivity contribution is 0.660. The van der Waals surface area contributed by atoms with E-state index in [0.717, 1.165) is 5.69 Å². The van der Waals surface area contributed by atoms with Gasteiger partial charge in [-0.3, -0.25) is 0 Å². The van der Waals surface area contributed by atoms with Crippen molar-refractivity contribution in [2.45, 2.75) is 19.3 Å². The van der Waals surface area contributed by atoms with E-state index in [4.69, 9.17) is 0 Å². The van der Waals surface area contributed by atoms with E-state index in [-0.39, 0.29) is 5.41 Å². The molecule has 53 heavy (non-hydrogen) atoms. The summed E-state index contributed by atoms with van der Waals surface area (Å²) in [5.41, 5.74) is 17.5. The second-order valence-corrected chi connectivity index (χ2v) is 14.9. The van der Waals surface area contributed by atoms with Crippen LogP contribution in [0.5, 0.6) is 0 Å². The van der Waals surface area contributed by atoms with Crippen LogP contribution in [0.2, 0.25) is 0 Å². The average molecular weight is 677 g/mol. The largest absolute Gasteiger partial charge is 0.309 e. The molecular weight excluding hydrogens is 641 g/mol. The average Bonchev–Trinajstić information content (AvgIpc) is 3.82. The normalized spacial score (nSPS) is 13.2. The van der Waals surface area contributed by atoms with Gasteiger partial charge in [-0.2, -0.15) is 0 Å². The minimum absolute atomic E-state index is 0.0774. The quantitative estimate of drug-likeness (QED) is 0.176.